The van der Waals surface area contributed by atoms with Crippen LogP contribution in [0.4, 0.5) is 0 Å². The number of aliphatic imine (C=N–C) groups is 1. The second-order valence-electron chi connectivity index (χ2n) is 7.77. The van der Waals surface area contributed by atoms with E-state index >= 15 is 0 Å². The third-order valence-corrected chi connectivity index (χ3v) is 6.98. The van der Waals surface area contributed by atoms with Gasteiger partial charge in [0.25, 0.3) is 0 Å². The summed E-state index contributed by atoms with van der Waals surface area (Å²) in [5, 5.41) is 7.84. The molecule has 0 spiro atoms. The zero-order chi connectivity index (χ0) is 20.6. The zero-order valence-corrected chi connectivity index (χ0v) is 19.1. The number of methoxy groups -OCH3 is 2. The van der Waals surface area contributed by atoms with E-state index in [4.69, 9.17) is 14.5 Å². The van der Waals surface area contributed by atoms with E-state index in [-0.39, 0.29) is 0 Å². The molecule has 1 aliphatic carbocycles. The highest BCUT2D eigenvalue weighted by molar-refractivity contribution is 7.99. The van der Waals surface area contributed by atoms with Crippen LogP contribution in [0.5, 0.6) is 11.5 Å². The van der Waals surface area contributed by atoms with E-state index in [0.717, 1.165) is 61.9 Å². The van der Waals surface area contributed by atoms with Crippen LogP contribution in [-0.2, 0) is 13.0 Å². The average Bonchev–Trinajstić information content (AvgIpc) is 3.20. The Morgan fingerprint density at radius 3 is 2.62 bits per heavy atom. The standard InChI is InChI=1S/C22H36N4O2S/c1-5-23-22(25-18-6-7-19(14-18)29-4)24-9-11-26-10-8-16-12-20(27-2)21(28-3)13-17(16)15-26/h12-13,18-19H,5-11,14-15H2,1-4H3,(H2,23,24,25). The number of benzene rings is 1. The van der Waals surface area contributed by atoms with Crippen molar-refractivity contribution in [2.75, 3.05) is 46.7 Å². The zero-order valence-electron chi connectivity index (χ0n) is 18.3. The van der Waals surface area contributed by atoms with Gasteiger partial charge in [0.2, 0.25) is 0 Å². The van der Waals surface area contributed by atoms with Gasteiger partial charge in [0.15, 0.2) is 17.5 Å². The molecule has 2 unspecified atom stereocenters. The monoisotopic (exact) mass is 420 g/mol. The molecular weight excluding hydrogens is 384 g/mol. The summed E-state index contributed by atoms with van der Waals surface area (Å²) in [5.41, 5.74) is 2.69. The summed E-state index contributed by atoms with van der Waals surface area (Å²) in [6.07, 6.45) is 7.04. The number of guanidine groups is 1. The van der Waals surface area contributed by atoms with Gasteiger partial charge in [-0.2, -0.15) is 11.8 Å². The van der Waals surface area contributed by atoms with Crippen molar-refractivity contribution in [1.82, 2.24) is 15.5 Å². The molecule has 29 heavy (non-hydrogen) atoms. The Hall–Kier alpha value is -1.60. The summed E-state index contributed by atoms with van der Waals surface area (Å²) in [4.78, 5) is 7.31. The first kappa shape index (κ1) is 22.1. The van der Waals surface area contributed by atoms with E-state index in [2.05, 4.69) is 40.8 Å². The number of nitrogens with zero attached hydrogens (tertiary/aromatic N) is 2. The Morgan fingerprint density at radius 1 is 1.21 bits per heavy atom. The molecule has 1 saturated carbocycles. The van der Waals surface area contributed by atoms with Crippen molar-refractivity contribution < 1.29 is 9.47 Å². The van der Waals surface area contributed by atoms with Crippen LogP contribution < -0.4 is 20.1 Å². The average molecular weight is 421 g/mol. The highest BCUT2D eigenvalue weighted by Crippen LogP contribution is 2.33. The Labute approximate surface area is 179 Å². The van der Waals surface area contributed by atoms with Crippen LogP contribution in [0.2, 0.25) is 0 Å². The van der Waals surface area contributed by atoms with Crippen LogP contribution >= 0.6 is 11.8 Å². The summed E-state index contributed by atoms with van der Waals surface area (Å²) in [7, 11) is 3.39. The fourth-order valence-corrected chi connectivity index (χ4v) is 5.03. The molecule has 1 aromatic carbocycles. The molecule has 2 aliphatic rings. The highest BCUT2D eigenvalue weighted by atomic mass is 32.2. The summed E-state index contributed by atoms with van der Waals surface area (Å²) < 4.78 is 10.9. The van der Waals surface area contributed by atoms with Gasteiger partial charge in [-0.25, -0.2) is 0 Å². The molecule has 0 amide bonds. The van der Waals surface area contributed by atoms with Gasteiger partial charge in [-0.05, 0) is 62.1 Å². The summed E-state index contributed by atoms with van der Waals surface area (Å²) in [6.45, 7) is 6.77. The molecule has 0 bridgehead atoms. The predicted octanol–water partition coefficient (Wildman–Crippen LogP) is 2.90. The van der Waals surface area contributed by atoms with E-state index < -0.39 is 0 Å². The Morgan fingerprint density at radius 2 is 1.97 bits per heavy atom. The minimum atomic E-state index is 0.551. The van der Waals surface area contributed by atoms with Gasteiger partial charge < -0.3 is 20.1 Å². The molecule has 1 aromatic rings. The second-order valence-corrected chi connectivity index (χ2v) is 8.91. The van der Waals surface area contributed by atoms with Crippen molar-refractivity contribution in [3.8, 4) is 11.5 Å². The van der Waals surface area contributed by atoms with Crippen LogP contribution in [0.25, 0.3) is 0 Å². The number of fused-ring (bicyclic) bond motifs is 1. The minimum Gasteiger partial charge on any atom is -0.493 e. The molecule has 1 heterocycles. The molecule has 0 saturated heterocycles. The third-order valence-electron chi connectivity index (χ3n) is 5.89. The largest absolute Gasteiger partial charge is 0.493 e. The van der Waals surface area contributed by atoms with Crippen molar-refractivity contribution in [1.29, 1.82) is 0 Å². The van der Waals surface area contributed by atoms with Crippen LogP contribution in [-0.4, -0.2) is 68.8 Å². The molecule has 2 N–H and O–H groups in total. The lowest BCUT2D eigenvalue weighted by Gasteiger charge is -2.29. The molecule has 162 valence electrons. The molecule has 2 atom stereocenters. The van der Waals surface area contributed by atoms with Gasteiger partial charge in [0.1, 0.15) is 0 Å². The maximum Gasteiger partial charge on any atom is 0.191 e. The van der Waals surface area contributed by atoms with E-state index in [1.165, 1.54) is 30.4 Å². The van der Waals surface area contributed by atoms with Crippen molar-refractivity contribution in [2.24, 2.45) is 4.99 Å². The Kier molecular flexibility index (Phi) is 8.36. The lowest BCUT2D eigenvalue weighted by atomic mass is 9.99. The first-order chi connectivity index (χ1) is 14.2. The molecule has 1 fully saturated rings. The number of rotatable bonds is 8. The fourth-order valence-electron chi connectivity index (χ4n) is 4.23. The van der Waals surface area contributed by atoms with Crippen molar-refractivity contribution in [3.05, 3.63) is 23.3 Å². The van der Waals surface area contributed by atoms with Gasteiger partial charge in [-0.3, -0.25) is 9.89 Å². The van der Waals surface area contributed by atoms with Crippen molar-refractivity contribution >= 4 is 17.7 Å². The molecule has 0 aromatic heterocycles. The normalized spacial score (nSPS) is 22.3. The van der Waals surface area contributed by atoms with Crippen LogP contribution in [0.1, 0.15) is 37.3 Å². The van der Waals surface area contributed by atoms with Gasteiger partial charge in [0.05, 0.1) is 20.8 Å². The Balaban J connectivity index is 1.53. The SMILES string of the molecule is CCNC(=NCCN1CCc2cc(OC)c(OC)cc2C1)NC1CCC(SC)C1. The number of thioether (sulfide) groups is 1. The number of hydrogen-bond acceptors (Lipinski definition) is 5. The van der Waals surface area contributed by atoms with Crippen LogP contribution in [0.3, 0.4) is 0 Å². The quantitative estimate of drug-likeness (QED) is 0.498. The Bertz CT molecular complexity index is 698. The van der Waals surface area contributed by atoms with Gasteiger partial charge in [0, 0.05) is 37.5 Å². The molecule has 0 radical (unpaired) electrons. The maximum absolute atomic E-state index is 5.47. The molecule has 1 aliphatic heterocycles. The molecule has 3 rings (SSSR count). The lowest BCUT2D eigenvalue weighted by molar-refractivity contribution is 0.260. The minimum absolute atomic E-state index is 0.551. The fraction of sp³-hybridized carbons (Fsp3) is 0.682. The summed E-state index contributed by atoms with van der Waals surface area (Å²) >= 11 is 1.99. The van der Waals surface area contributed by atoms with Crippen molar-refractivity contribution in [2.45, 2.75) is 50.4 Å². The third kappa shape index (κ3) is 5.95. The van der Waals surface area contributed by atoms with E-state index in [9.17, 15) is 0 Å². The molecule has 7 heteroatoms. The highest BCUT2D eigenvalue weighted by Gasteiger charge is 2.24. The van der Waals surface area contributed by atoms with E-state index in [1.807, 2.05) is 11.8 Å². The van der Waals surface area contributed by atoms with Crippen LogP contribution in [0, 0.1) is 0 Å². The first-order valence-corrected chi connectivity index (χ1v) is 12.0. The number of hydrogen-bond donors (Lipinski definition) is 2. The van der Waals surface area contributed by atoms with Gasteiger partial charge in [-0.15, -0.1) is 0 Å². The smallest absolute Gasteiger partial charge is 0.191 e. The second kappa shape index (κ2) is 11.0. The topological polar surface area (TPSA) is 58.1 Å². The predicted molar refractivity (Wildman–Crippen MR) is 123 cm³/mol. The lowest BCUT2D eigenvalue weighted by Crippen LogP contribution is -2.43. The molecular formula is C22H36N4O2S. The number of nitrogens with one attached hydrogen (secondary N) is 2. The summed E-state index contributed by atoms with van der Waals surface area (Å²) in [5.74, 6) is 2.59. The number of ether oxygens (including phenoxy) is 2. The van der Waals surface area contributed by atoms with Crippen LogP contribution in [0.15, 0.2) is 17.1 Å². The molecule has 6 nitrogen and oxygen atoms in total. The maximum atomic E-state index is 5.47. The van der Waals surface area contributed by atoms with Crippen molar-refractivity contribution in [3.63, 3.8) is 0 Å². The van der Waals surface area contributed by atoms with E-state index in [1.54, 1.807) is 14.2 Å². The first-order valence-electron chi connectivity index (χ1n) is 10.7. The van der Waals surface area contributed by atoms with Gasteiger partial charge >= 0.3 is 0 Å². The van der Waals surface area contributed by atoms with E-state index in [0.29, 0.717) is 6.04 Å². The van der Waals surface area contributed by atoms with Gasteiger partial charge in [-0.1, -0.05) is 0 Å². The summed E-state index contributed by atoms with van der Waals surface area (Å²) in [6, 6.07) is 4.80.